The van der Waals surface area contributed by atoms with Crippen LogP contribution in [0.4, 0.5) is 4.39 Å². The lowest BCUT2D eigenvalue weighted by molar-refractivity contribution is 0.474. The molecule has 0 aliphatic carbocycles. The number of nitrogens with zero attached hydrogens (tertiary/aromatic N) is 3. The molecular weight excluding hydrogens is 313 g/mol. The van der Waals surface area contributed by atoms with Crippen LogP contribution in [0.25, 0.3) is 17.1 Å². The van der Waals surface area contributed by atoms with Crippen molar-refractivity contribution in [2.24, 2.45) is 0 Å². The fraction of sp³-hybridized carbons (Fsp3) is 0.0476. The fourth-order valence-corrected chi connectivity index (χ4v) is 2.92. The summed E-state index contributed by atoms with van der Waals surface area (Å²) in [6.45, 7) is 0. The van der Waals surface area contributed by atoms with Crippen molar-refractivity contribution in [2.45, 2.75) is 6.04 Å². The van der Waals surface area contributed by atoms with Gasteiger partial charge in [-0.3, -0.25) is 0 Å². The quantitative estimate of drug-likeness (QED) is 0.525. The summed E-state index contributed by atoms with van der Waals surface area (Å²) in [6, 6.07) is 25.9. The lowest BCUT2D eigenvalue weighted by Crippen LogP contribution is -2.13. The number of aromatic nitrogens is 3. The standard InChI is InChI=1S/C21H16FN3/c22-18(15-16-9-3-1-4-10-16)21(17-11-5-2-6-12-17)25-20-14-8-7-13-19(20)23-24-25/h1-15,21H/b18-15-/t21-/m0/s1. The molecule has 0 unspecified atom stereocenters. The molecule has 1 atom stereocenters. The zero-order chi connectivity index (χ0) is 17.1. The molecule has 3 aromatic carbocycles. The van der Waals surface area contributed by atoms with Gasteiger partial charge in [0.2, 0.25) is 0 Å². The van der Waals surface area contributed by atoms with Gasteiger partial charge in [-0.2, -0.15) is 0 Å². The average molecular weight is 329 g/mol. The van der Waals surface area contributed by atoms with Gasteiger partial charge in [-0.15, -0.1) is 5.10 Å². The summed E-state index contributed by atoms with van der Waals surface area (Å²) in [7, 11) is 0. The van der Waals surface area contributed by atoms with Crippen LogP contribution in [-0.2, 0) is 0 Å². The predicted octanol–water partition coefficient (Wildman–Crippen LogP) is 5.03. The summed E-state index contributed by atoms with van der Waals surface area (Å²) >= 11 is 0. The fourth-order valence-electron chi connectivity index (χ4n) is 2.92. The van der Waals surface area contributed by atoms with E-state index in [4.69, 9.17) is 0 Å². The molecule has 3 nitrogen and oxygen atoms in total. The van der Waals surface area contributed by atoms with Crippen LogP contribution in [0.2, 0.25) is 0 Å². The van der Waals surface area contributed by atoms with Crippen LogP contribution in [0.1, 0.15) is 17.2 Å². The minimum Gasteiger partial charge on any atom is -0.230 e. The SMILES string of the molecule is F/C(=C\c1ccccc1)[C@H](c1ccccc1)n1nnc2ccccc21. The number of fused-ring (bicyclic) bond motifs is 1. The maximum Gasteiger partial charge on any atom is 0.131 e. The van der Waals surface area contributed by atoms with Gasteiger partial charge in [0, 0.05) is 0 Å². The van der Waals surface area contributed by atoms with Gasteiger partial charge in [-0.1, -0.05) is 78.0 Å². The second-order valence-electron chi connectivity index (χ2n) is 5.78. The first kappa shape index (κ1) is 15.3. The maximum absolute atomic E-state index is 15.3. The van der Waals surface area contributed by atoms with Crippen molar-refractivity contribution in [3.8, 4) is 0 Å². The molecule has 4 rings (SSSR count). The van der Waals surface area contributed by atoms with Crippen LogP contribution < -0.4 is 0 Å². The summed E-state index contributed by atoms with van der Waals surface area (Å²) in [5.41, 5.74) is 3.18. The molecule has 1 heterocycles. The Balaban J connectivity index is 1.87. The Morgan fingerprint density at radius 1 is 0.840 bits per heavy atom. The van der Waals surface area contributed by atoms with Crippen molar-refractivity contribution in [3.63, 3.8) is 0 Å². The van der Waals surface area contributed by atoms with E-state index in [2.05, 4.69) is 10.3 Å². The van der Waals surface area contributed by atoms with E-state index in [9.17, 15) is 0 Å². The number of hydrogen-bond acceptors (Lipinski definition) is 2. The van der Waals surface area contributed by atoms with E-state index in [0.29, 0.717) is 0 Å². The Hall–Kier alpha value is -3.27. The van der Waals surface area contributed by atoms with Crippen LogP contribution >= 0.6 is 0 Å². The molecule has 0 radical (unpaired) electrons. The summed E-state index contributed by atoms with van der Waals surface area (Å²) in [5, 5.41) is 8.39. The molecule has 0 saturated heterocycles. The average Bonchev–Trinajstić information content (AvgIpc) is 3.08. The van der Waals surface area contributed by atoms with Crippen LogP contribution in [0.5, 0.6) is 0 Å². The molecule has 0 aliphatic heterocycles. The normalized spacial score (nSPS) is 13.1. The Kier molecular flexibility index (Phi) is 4.09. The molecule has 1 aromatic heterocycles. The van der Waals surface area contributed by atoms with Gasteiger partial charge in [0.25, 0.3) is 0 Å². The Labute approximate surface area is 145 Å². The van der Waals surface area contributed by atoms with Crippen molar-refractivity contribution in [3.05, 3.63) is 102 Å². The van der Waals surface area contributed by atoms with E-state index in [1.54, 1.807) is 10.8 Å². The van der Waals surface area contributed by atoms with Crippen molar-refractivity contribution in [1.82, 2.24) is 15.0 Å². The third kappa shape index (κ3) is 3.06. The van der Waals surface area contributed by atoms with Gasteiger partial charge in [0.1, 0.15) is 17.4 Å². The van der Waals surface area contributed by atoms with E-state index in [1.807, 2.05) is 84.9 Å². The molecular formula is C21H16FN3. The lowest BCUT2D eigenvalue weighted by Gasteiger charge is -2.17. The van der Waals surface area contributed by atoms with Gasteiger partial charge in [-0.05, 0) is 29.3 Å². The molecule has 4 heteroatoms. The van der Waals surface area contributed by atoms with Gasteiger partial charge in [0.05, 0.1) is 5.52 Å². The highest BCUT2D eigenvalue weighted by Crippen LogP contribution is 2.30. The van der Waals surface area contributed by atoms with E-state index in [-0.39, 0.29) is 5.83 Å². The molecule has 0 amide bonds. The van der Waals surface area contributed by atoms with Gasteiger partial charge in [-0.25, -0.2) is 9.07 Å². The molecule has 0 fully saturated rings. The van der Waals surface area contributed by atoms with Crippen LogP contribution in [-0.4, -0.2) is 15.0 Å². The highest BCUT2D eigenvalue weighted by Gasteiger charge is 2.22. The monoisotopic (exact) mass is 329 g/mol. The summed E-state index contributed by atoms with van der Waals surface area (Å²) < 4.78 is 16.9. The summed E-state index contributed by atoms with van der Waals surface area (Å²) in [6.07, 6.45) is 1.55. The van der Waals surface area contributed by atoms with Crippen molar-refractivity contribution in [2.75, 3.05) is 0 Å². The van der Waals surface area contributed by atoms with Crippen molar-refractivity contribution in [1.29, 1.82) is 0 Å². The summed E-state index contributed by atoms with van der Waals surface area (Å²) in [5.74, 6) is -0.284. The molecule has 0 bridgehead atoms. The second kappa shape index (κ2) is 6.69. The van der Waals surface area contributed by atoms with Crippen LogP contribution in [0, 0.1) is 0 Å². The molecule has 0 N–H and O–H groups in total. The van der Waals surface area contributed by atoms with Gasteiger partial charge >= 0.3 is 0 Å². The largest absolute Gasteiger partial charge is 0.230 e. The Morgan fingerprint density at radius 3 is 2.24 bits per heavy atom. The Morgan fingerprint density at radius 2 is 1.48 bits per heavy atom. The third-order valence-corrected chi connectivity index (χ3v) is 4.10. The minimum atomic E-state index is -0.659. The van der Waals surface area contributed by atoms with Crippen LogP contribution in [0.3, 0.4) is 0 Å². The zero-order valence-electron chi connectivity index (χ0n) is 13.5. The molecule has 122 valence electrons. The number of allylic oxidation sites excluding steroid dienone is 1. The number of hydrogen-bond donors (Lipinski definition) is 0. The second-order valence-corrected chi connectivity index (χ2v) is 5.78. The van der Waals surface area contributed by atoms with E-state index < -0.39 is 6.04 Å². The highest BCUT2D eigenvalue weighted by molar-refractivity contribution is 5.74. The summed E-state index contributed by atoms with van der Waals surface area (Å²) in [4.78, 5) is 0. The van der Waals surface area contributed by atoms with E-state index in [0.717, 1.165) is 22.2 Å². The van der Waals surface area contributed by atoms with Gasteiger partial charge < -0.3 is 0 Å². The molecule has 4 aromatic rings. The van der Waals surface area contributed by atoms with E-state index in [1.165, 1.54) is 0 Å². The molecule has 25 heavy (non-hydrogen) atoms. The number of benzene rings is 3. The van der Waals surface area contributed by atoms with E-state index >= 15 is 4.39 Å². The number of halogens is 1. The predicted molar refractivity (Wildman–Crippen MR) is 97.6 cm³/mol. The Bertz CT molecular complexity index is 1010. The van der Waals surface area contributed by atoms with Crippen LogP contribution in [0.15, 0.2) is 90.8 Å². The molecule has 0 saturated carbocycles. The van der Waals surface area contributed by atoms with Crippen molar-refractivity contribution >= 4 is 17.1 Å². The van der Waals surface area contributed by atoms with Gasteiger partial charge in [0.15, 0.2) is 0 Å². The minimum absolute atomic E-state index is 0.284. The number of para-hydroxylation sites is 1. The number of rotatable bonds is 4. The third-order valence-electron chi connectivity index (χ3n) is 4.10. The first-order valence-corrected chi connectivity index (χ1v) is 8.10. The first-order valence-electron chi connectivity index (χ1n) is 8.10. The highest BCUT2D eigenvalue weighted by atomic mass is 19.1. The maximum atomic E-state index is 15.3. The van der Waals surface area contributed by atoms with Crippen molar-refractivity contribution < 1.29 is 4.39 Å². The first-order chi connectivity index (χ1) is 12.3. The topological polar surface area (TPSA) is 30.7 Å². The molecule has 0 aliphatic rings. The molecule has 0 spiro atoms. The zero-order valence-corrected chi connectivity index (χ0v) is 13.5. The smallest absolute Gasteiger partial charge is 0.131 e. The lowest BCUT2D eigenvalue weighted by atomic mass is 10.0.